The SMILES string of the molecule is CC12CCC3C(CCC4C(F)CCCC43C)C1CCC2CCCC(=O)N[SH](=O)=O. The molecule has 8 atom stereocenters. The average molecular weight is 428 g/mol. The van der Waals surface area contributed by atoms with Crippen molar-refractivity contribution in [3.63, 3.8) is 0 Å². The molecular weight excluding hydrogens is 389 g/mol. The Labute approximate surface area is 176 Å². The molecule has 0 radical (unpaired) electrons. The van der Waals surface area contributed by atoms with Crippen LogP contribution >= 0.6 is 0 Å². The molecule has 0 bridgehead atoms. The Bertz CT molecular complexity index is 704. The normalized spacial score (nSPS) is 46.6. The van der Waals surface area contributed by atoms with Crippen LogP contribution < -0.4 is 4.72 Å². The number of hydrogen-bond donors (Lipinski definition) is 2. The molecule has 0 aliphatic heterocycles. The minimum absolute atomic E-state index is 0.201. The monoisotopic (exact) mass is 427 g/mol. The van der Waals surface area contributed by atoms with Crippen molar-refractivity contribution in [2.24, 2.45) is 40.4 Å². The van der Waals surface area contributed by atoms with Gasteiger partial charge in [-0.05, 0) is 111 Å². The van der Waals surface area contributed by atoms with Crippen LogP contribution in [-0.4, -0.2) is 20.5 Å². The van der Waals surface area contributed by atoms with Crippen molar-refractivity contribution >= 4 is 16.8 Å². The Morgan fingerprint density at radius 3 is 2.45 bits per heavy atom. The molecule has 0 aromatic rings. The van der Waals surface area contributed by atoms with E-state index in [0.29, 0.717) is 23.7 Å². The summed E-state index contributed by atoms with van der Waals surface area (Å²) in [7, 11) is -2.84. The van der Waals surface area contributed by atoms with Crippen LogP contribution in [0.2, 0.25) is 0 Å². The fourth-order valence-corrected chi connectivity index (χ4v) is 8.89. The van der Waals surface area contributed by atoms with Crippen LogP contribution in [-0.2, 0) is 15.7 Å². The van der Waals surface area contributed by atoms with E-state index in [1.54, 1.807) is 0 Å². The van der Waals surface area contributed by atoms with Gasteiger partial charge in [0, 0.05) is 6.42 Å². The summed E-state index contributed by atoms with van der Waals surface area (Å²) in [6.07, 6.45) is 11.8. The highest BCUT2D eigenvalue weighted by molar-refractivity contribution is 7.71. The number of halogens is 1. The van der Waals surface area contributed by atoms with Crippen molar-refractivity contribution in [1.82, 2.24) is 4.72 Å². The Morgan fingerprint density at radius 2 is 1.69 bits per heavy atom. The van der Waals surface area contributed by atoms with Gasteiger partial charge in [-0.15, -0.1) is 0 Å². The summed E-state index contributed by atoms with van der Waals surface area (Å²) in [6.45, 7) is 4.89. The molecule has 0 aromatic heterocycles. The second kappa shape index (κ2) is 8.12. The molecule has 6 heteroatoms. The molecule has 8 unspecified atom stereocenters. The first-order valence-corrected chi connectivity index (χ1v) is 13.0. The van der Waals surface area contributed by atoms with Gasteiger partial charge in [-0.3, -0.25) is 9.52 Å². The van der Waals surface area contributed by atoms with E-state index in [4.69, 9.17) is 0 Å². The molecule has 166 valence electrons. The zero-order valence-electron chi connectivity index (χ0n) is 18.0. The van der Waals surface area contributed by atoms with Gasteiger partial charge in [-0.2, -0.15) is 0 Å². The van der Waals surface area contributed by atoms with Crippen LogP contribution in [0.3, 0.4) is 0 Å². The van der Waals surface area contributed by atoms with Crippen LogP contribution in [0, 0.1) is 40.4 Å². The topological polar surface area (TPSA) is 63.2 Å². The Morgan fingerprint density at radius 1 is 0.966 bits per heavy atom. The van der Waals surface area contributed by atoms with E-state index in [0.717, 1.165) is 43.9 Å². The zero-order valence-corrected chi connectivity index (χ0v) is 18.9. The molecule has 4 fully saturated rings. The number of hydrogen-bond acceptors (Lipinski definition) is 3. The highest BCUT2D eigenvalue weighted by Crippen LogP contribution is 2.68. The smallest absolute Gasteiger partial charge is 0.233 e. The summed E-state index contributed by atoms with van der Waals surface area (Å²) in [6, 6.07) is 0. The predicted molar refractivity (Wildman–Crippen MR) is 112 cm³/mol. The number of amides is 1. The predicted octanol–water partition coefficient (Wildman–Crippen LogP) is 4.80. The van der Waals surface area contributed by atoms with E-state index in [2.05, 4.69) is 13.8 Å². The van der Waals surface area contributed by atoms with E-state index in [1.807, 2.05) is 4.72 Å². The molecule has 0 aromatic carbocycles. The van der Waals surface area contributed by atoms with Crippen LogP contribution in [0.5, 0.6) is 0 Å². The van der Waals surface area contributed by atoms with Crippen LogP contribution in [0.4, 0.5) is 4.39 Å². The summed E-state index contributed by atoms with van der Waals surface area (Å²) in [5.74, 6) is 2.72. The lowest BCUT2D eigenvalue weighted by Gasteiger charge is -2.61. The van der Waals surface area contributed by atoms with Gasteiger partial charge in [0.2, 0.25) is 16.8 Å². The third kappa shape index (κ3) is 3.76. The molecule has 0 spiro atoms. The third-order valence-corrected chi connectivity index (χ3v) is 10.4. The van der Waals surface area contributed by atoms with Crippen molar-refractivity contribution in [2.75, 3.05) is 0 Å². The first-order valence-electron chi connectivity index (χ1n) is 11.8. The molecule has 4 aliphatic carbocycles. The highest BCUT2D eigenvalue weighted by atomic mass is 32.2. The van der Waals surface area contributed by atoms with E-state index in [9.17, 15) is 17.6 Å². The molecule has 4 rings (SSSR count). The lowest BCUT2D eigenvalue weighted by molar-refractivity contribution is -0.130. The first-order chi connectivity index (χ1) is 13.8. The summed E-state index contributed by atoms with van der Waals surface area (Å²) < 4.78 is 38.0. The van der Waals surface area contributed by atoms with Gasteiger partial charge >= 0.3 is 0 Å². The van der Waals surface area contributed by atoms with E-state index >= 15 is 0 Å². The van der Waals surface area contributed by atoms with Crippen LogP contribution in [0.25, 0.3) is 0 Å². The van der Waals surface area contributed by atoms with Crippen LogP contribution in [0.1, 0.15) is 90.9 Å². The standard InChI is InChI=1S/C23H38FNO3S/c1-22-14-12-18-16(9-11-19-20(24)6-4-13-23(18,19)2)17(22)10-8-15(22)5-3-7-21(26)25-29(27)28/h15-20,29H,3-14H2,1-2H3,(H,25,26,27,28). The largest absolute Gasteiger partial charge is 0.274 e. The summed E-state index contributed by atoms with van der Waals surface area (Å²) in [5.41, 5.74) is 0.543. The Hall–Kier alpha value is -0.650. The van der Waals surface area contributed by atoms with Crippen molar-refractivity contribution in [1.29, 1.82) is 0 Å². The fourth-order valence-electron chi connectivity index (χ4n) is 8.58. The van der Waals surface area contributed by atoms with Gasteiger partial charge in [0.05, 0.1) is 0 Å². The van der Waals surface area contributed by atoms with Gasteiger partial charge in [-0.25, -0.2) is 12.8 Å². The molecular formula is C23H38FNO3S. The van der Waals surface area contributed by atoms with Gasteiger partial charge in [0.15, 0.2) is 0 Å². The van der Waals surface area contributed by atoms with Crippen molar-refractivity contribution in [2.45, 2.75) is 97.1 Å². The third-order valence-electron chi connectivity index (χ3n) is 9.94. The maximum atomic E-state index is 14.7. The fraction of sp³-hybridized carbons (Fsp3) is 0.957. The number of carbonyl (C=O) groups is 1. The van der Waals surface area contributed by atoms with Crippen molar-refractivity contribution in [3.05, 3.63) is 0 Å². The maximum Gasteiger partial charge on any atom is 0.233 e. The number of alkyl halides is 1. The van der Waals surface area contributed by atoms with Gasteiger partial charge in [0.25, 0.3) is 0 Å². The van der Waals surface area contributed by atoms with Crippen molar-refractivity contribution in [3.8, 4) is 0 Å². The van der Waals surface area contributed by atoms with E-state index < -0.39 is 17.1 Å². The van der Waals surface area contributed by atoms with E-state index in [-0.39, 0.29) is 17.2 Å². The Balaban J connectivity index is 1.41. The van der Waals surface area contributed by atoms with Gasteiger partial charge in [-0.1, -0.05) is 13.8 Å². The number of nitrogens with one attached hydrogen (secondary N) is 1. The zero-order chi connectivity index (χ0) is 20.8. The summed E-state index contributed by atoms with van der Waals surface area (Å²) in [5, 5.41) is 0. The number of fused-ring (bicyclic) bond motifs is 5. The molecule has 4 aliphatic rings. The average Bonchev–Trinajstić information content (AvgIpc) is 2.97. The molecule has 4 nitrogen and oxygen atoms in total. The van der Waals surface area contributed by atoms with Crippen molar-refractivity contribution < 1.29 is 17.6 Å². The minimum atomic E-state index is -2.84. The number of thiol groups is 1. The summed E-state index contributed by atoms with van der Waals surface area (Å²) in [4.78, 5) is 11.6. The molecule has 1 amide bonds. The van der Waals surface area contributed by atoms with Gasteiger partial charge in [0.1, 0.15) is 6.17 Å². The second-order valence-electron chi connectivity index (χ2n) is 11.0. The lowest BCUT2D eigenvalue weighted by atomic mass is 9.44. The summed E-state index contributed by atoms with van der Waals surface area (Å²) >= 11 is 0. The minimum Gasteiger partial charge on any atom is -0.274 e. The van der Waals surface area contributed by atoms with E-state index in [1.165, 1.54) is 38.5 Å². The Kier molecular flexibility index (Phi) is 6.04. The molecule has 4 saturated carbocycles. The first kappa shape index (κ1) is 21.6. The maximum absolute atomic E-state index is 14.7. The second-order valence-corrected chi connectivity index (χ2v) is 11.7. The molecule has 0 heterocycles. The number of rotatable bonds is 5. The van der Waals surface area contributed by atoms with Crippen LogP contribution in [0.15, 0.2) is 0 Å². The quantitative estimate of drug-likeness (QED) is 0.620. The lowest BCUT2D eigenvalue weighted by Crippen LogP contribution is -2.54. The molecule has 0 saturated heterocycles. The molecule has 29 heavy (non-hydrogen) atoms. The molecule has 1 N–H and O–H groups in total. The number of carbonyl (C=O) groups excluding carboxylic acids is 1. The highest BCUT2D eigenvalue weighted by Gasteiger charge is 2.60. The van der Waals surface area contributed by atoms with Gasteiger partial charge < -0.3 is 0 Å².